The number of ether oxygens (including phenoxy) is 1. The number of aryl methyl sites for hydroxylation is 1. The number of pyridine rings is 1. The fourth-order valence-corrected chi connectivity index (χ4v) is 5.65. The molecule has 0 aliphatic carbocycles. The number of nitrogens with zero attached hydrogens (tertiary/aromatic N) is 3. The molecule has 1 aromatic carbocycles. The van der Waals surface area contributed by atoms with Crippen molar-refractivity contribution in [1.82, 2.24) is 9.29 Å². The van der Waals surface area contributed by atoms with Crippen molar-refractivity contribution in [3.63, 3.8) is 0 Å². The van der Waals surface area contributed by atoms with Gasteiger partial charge < -0.3 is 9.64 Å². The number of carbonyl (C=O) groups is 1. The van der Waals surface area contributed by atoms with Crippen LogP contribution in [-0.4, -0.2) is 50.4 Å². The van der Waals surface area contributed by atoms with Crippen LogP contribution in [0.4, 0.5) is 5.69 Å². The van der Waals surface area contributed by atoms with Crippen molar-refractivity contribution in [3.8, 4) is 5.75 Å². The first-order chi connectivity index (χ1) is 14.0. The molecule has 0 unspecified atom stereocenters. The summed E-state index contributed by atoms with van der Waals surface area (Å²) < 4.78 is 32.5. The Morgan fingerprint density at radius 1 is 1.14 bits per heavy atom. The lowest BCUT2D eigenvalue weighted by molar-refractivity contribution is -0.123. The minimum Gasteiger partial charge on any atom is -0.495 e. The number of aromatic nitrogens is 1. The smallest absolute Gasteiger partial charge is 0.244 e. The summed E-state index contributed by atoms with van der Waals surface area (Å²) in [5.41, 5.74) is 2.00. The number of piperidine rings is 1. The van der Waals surface area contributed by atoms with Gasteiger partial charge in [0.05, 0.1) is 12.8 Å². The SMILES string of the molecule is COc1cccc2c1N(C(=O)C1CCN(S(=O)(=O)c3cccnc3)CC1)CCC2. The minimum absolute atomic E-state index is 0.0638. The van der Waals surface area contributed by atoms with E-state index >= 15 is 0 Å². The highest BCUT2D eigenvalue weighted by atomic mass is 32.2. The van der Waals surface area contributed by atoms with E-state index in [4.69, 9.17) is 4.74 Å². The lowest BCUT2D eigenvalue weighted by Gasteiger charge is -2.36. The fourth-order valence-electron chi connectivity index (χ4n) is 4.21. The number of rotatable bonds is 4. The zero-order valence-corrected chi connectivity index (χ0v) is 17.3. The van der Waals surface area contributed by atoms with E-state index in [-0.39, 0.29) is 16.7 Å². The van der Waals surface area contributed by atoms with Crippen molar-refractivity contribution < 1.29 is 17.9 Å². The number of hydrogen-bond donors (Lipinski definition) is 0. The monoisotopic (exact) mass is 415 g/mol. The molecular weight excluding hydrogens is 390 g/mol. The van der Waals surface area contributed by atoms with E-state index in [0.29, 0.717) is 38.2 Å². The van der Waals surface area contributed by atoms with Gasteiger partial charge in [-0.2, -0.15) is 4.31 Å². The van der Waals surface area contributed by atoms with Gasteiger partial charge in [0.1, 0.15) is 10.6 Å². The summed E-state index contributed by atoms with van der Waals surface area (Å²) in [6.07, 6.45) is 5.79. The Morgan fingerprint density at radius 2 is 1.93 bits per heavy atom. The molecule has 8 heteroatoms. The molecule has 29 heavy (non-hydrogen) atoms. The first-order valence-electron chi connectivity index (χ1n) is 9.90. The molecule has 4 rings (SSSR count). The van der Waals surface area contributed by atoms with Crippen LogP contribution in [0.5, 0.6) is 5.75 Å². The van der Waals surface area contributed by atoms with E-state index in [1.165, 1.54) is 10.5 Å². The Morgan fingerprint density at radius 3 is 2.62 bits per heavy atom. The van der Waals surface area contributed by atoms with Gasteiger partial charge in [-0.15, -0.1) is 0 Å². The molecule has 1 aromatic heterocycles. The van der Waals surface area contributed by atoms with E-state index in [9.17, 15) is 13.2 Å². The van der Waals surface area contributed by atoms with Gasteiger partial charge in [0.2, 0.25) is 15.9 Å². The Kier molecular flexibility index (Phi) is 5.56. The van der Waals surface area contributed by atoms with Gasteiger partial charge >= 0.3 is 0 Å². The number of carbonyl (C=O) groups excluding carboxylic acids is 1. The van der Waals surface area contributed by atoms with Crippen molar-refractivity contribution in [3.05, 3.63) is 48.3 Å². The minimum atomic E-state index is -3.57. The molecular formula is C21H25N3O4S. The lowest BCUT2D eigenvalue weighted by atomic mass is 9.93. The number of para-hydroxylation sites is 1. The molecule has 0 bridgehead atoms. The second-order valence-corrected chi connectivity index (χ2v) is 9.37. The molecule has 2 aliphatic rings. The molecule has 0 radical (unpaired) electrons. The van der Waals surface area contributed by atoms with Crippen molar-refractivity contribution in [2.24, 2.45) is 5.92 Å². The molecule has 1 amide bonds. The van der Waals surface area contributed by atoms with E-state index in [0.717, 1.165) is 24.1 Å². The van der Waals surface area contributed by atoms with Crippen LogP contribution in [0.15, 0.2) is 47.6 Å². The predicted molar refractivity (Wildman–Crippen MR) is 109 cm³/mol. The van der Waals surface area contributed by atoms with Crippen molar-refractivity contribution in [1.29, 1.82) is 0 Å². The van der Waals surface area contributed by atoms with Crippen LogP contribution in [0, 0.1) is 5.92 Å². The van der Waals surface area contributed by atoms with E-state index in [1.54, 1.807) is 25.4 Å². The fraction of sp³-hybridized carbons (Fsp3) is 0.429. The zero-order valence-electron chi connectivity index (χ0n) is 16.5. The highest BCUT2D eigenvalue weighted by Gasteiger charge is 2.36. The van der Waals surface area contributed by atoms with Gasteiger partial charge in [-0.25, -0.2) is 8.42 Å². The molecule has 0 saturated carbocycles. The first-order valence-corrected chi connectivity index (χ1v) is 11.3. The van der Waals surface area contributed by atoms with E-state index in [2.05, 4.69) is 4.98 Å². The highest BCUT2D eigenvalue weighted by molar-refractivity contribution is 7.89. The van der Waals surface area contributed by atoms with Gasteiger partial charge in [0, 0.05) is 37.9 Å². The van der Waals surface area contributed by atoms with E-state index < -0.39 is 10.0 Å². The molecule has 0 N–H and O–H groups in total. The number of benzene rings is 1. The van der Waals surface area contributed by atoms with Crippen LogP contribution in [0.2, 0.25) is 0 Å². The summed E-state index contributed by atoms with van der Waals surface area (Å²) in [6, 6.07) is 9.04. The number of amides is 1. The number of fused-ring (bicyclic) bond motifs is 1. The van der Waals surface area contributed by atoms with Crippen molar-refractivity contribution >= 4 is 21.6 Å². The first kappa shape index (κ1) is 19.8. The zero-order chi connectivity index (χ0) is 20.4. The number of sulfonamides is 1. The summed E-state index contributed by atoms with van der Waals surface area (Å²) in [6.45, 7) is 1.33. The maximum Gasteiger partial charge on any atom is 0.244 e. The van der Waals surface area contributed by atoms with Gasteiger partial charge in [0.15, 0.2) is 0 Å². The molecule has 0 spiro atoms. The highest BCUT2D eigenvalue weighted by Crippen LogP contribution is 2.38. The molecule has 2 aliphatic heterocycles. The van der Waals surface area contributed by atoms with Gasteiger partial charge in [-0.1, -0.05) is 12.1 Å². The summed E-state index contributed by atoms with van der Waals surface area (Å²) in [4.78, 5) is 19.2. The molecule has 1 saturated heterocycles. The third kappa shape index (κ3) is 3.74. The van der Waals surface area contributed by atoms with E-state index in [1.807, 2.05) is 23.1 Å². The molecule has 7 nitrogen and oxygen atoms in total. The summed E-state index contributed by atoms with van der Waals surface area (Å²) in [7, 11) is -1.95. The average molecular weight is 416 g/mol. The lowest BCUT2D eigenvalue weighted by Crippen LogP contribution is -2.45. The predicted octanol–water partition coefficient (Wildman–Crippen LogP) is 2.47. The summed E-state index contributed by atoms with van der Waals surface area (Å²) in [5.74, 6) is 0.590. The summed E-state index contributed by atoms with van der Waals surface area (Å²) in [5, 5.41) is 0. The van der Waals surface area contributed by atoms with Crippen LogP contribution >= 0.6 is 0 Å². The van der Waals surface area contributed by atoms with Crippen LogP contribution < -0.4 is 9.64 Å². The van der Waals surface area contributed by atoms with Crippen LogP contribution in [0.25, 0.3) is 0 Å². The standard InChI is InChI=1S/C21H25N3O4S/c1-28-19-8-2-5-16-6-4-12-24(20(16)19)21(25)17-9-13-23(14-10-17)29(26,27)18-7-3-11-22-15-18/h2-3,5,7-8,11,15,17H,4,6,9-10,12-14H2,1H3. The van der Waals surface area contributed by atoms with Gasteiger partial charge in [0.25, 0.3) is 0 Å². The molecule has 1 fully saturated rings. The topological polar surface area (TPSA) is 79.8 Å². The normalized spacial score (nSPS) is 18.3. The Bertz CT molecular complexity index is 972. The van der Waals surface area contributed by atoms with Gasteiger partial charge in [-0.3, -0.25) is 9.78 Å². The third-order valence-electron chi connectivity index (χ3n) is 5.74. The maximum atomic E-state index is 13.3. The molecule has 2 aromatic rings. The second-order valence-electron chi connectivity index (χ2n) is 7.43. The molecule has 3 heterocycles. The number of hydrogen-bond acceptors (Lipinski definition) is 5. The van der Waals surface area contributed by atoms with Crippen LogP contribution in [-0.2, 0) is 21.2 Å². The molecule has 154 valence electrons. The van der Waals surface area contributed by atoms with Crippen LogP contribution in [0.1, 0.15) is 24.8 Å². The maximum absolute atomic E-state index is 13.3. The largest absolute Gasteiger partial charge is 0.495 e. The molecule has 0 atom stereocenters. The van der Waals surface area contributed by atoms with Crippen molar-refractivity contribution in [2.45, 2.75) is 30.6 Å². The Hall–Kier alpha value is -2.45. The van der Waals surface area contributed by atoms with Crippen molar-refractivity contribution in [2.75, 3.05) is 31.6 Å². The Labute approximate surface area is 171 Å². The Balaban J connectivity index is 1.49. The third-order valence-corrected chi connectivity index (χ3v) is 7.62. The van der Waals surface area contributed by atoms with Crippen LogP contribution in [0.3, 0.4) is 0 Å². The number of methoxy groups -OCH3 is 1. The average Bonchev–Trinajstić information content (AvgIpc) is 2.78. The summed E-state index contributed by atoms with van der Waals surface area (Å²) >= 11 is 0. The second kappa shape index (κ2) is 8.12. The number of anilines is 1. The van der Waals surface area contributed by atoms with Gasteiger partial charge in [-0.05, 0) is 49.4 Å². The quantitative estimate of drug-likeness (QED) is 0.766.